The van der Waals surface area contributed by atoms with Crippen LogP contribution in [0.4, 0.5) is 0 Å². The highest BCUT2D eigenvalue weighted by molar-refractivity contribution is 5.96. The van der Waals surface area contributed by atoms with Gasteiger partial charge in [0.15, 0.2) is 0 Å². The SMILES string of the molecule is COc1nn(C)cc1C(=O)N1CC[C@H](Oc2cccnn2)C1. The minimum absolute atomic E-state index is 0.0803. The van der Waals surface area contributed by atoms with Gasteiger partial charge in [-0.05, 0) is 6.07 Å². The molecule has 0 saturated carbocycles. The molecular formula is C14H17N5O3. The summed E-state index contributed by atoms with van der Waals surface area (Å²) in [5.74, 6) is 0.710. The molecule has 3 heterocycles. The van der Waals surface area contributed by atoms with Gasteiger partial charge in [-0.1, -0.05) is 0 Å². The Labute approximate surface area is 127 Å². The summed E-state index contributed by atoms with van der Waals surface area (Å²) in [6, 6.07) is 3.52. The van der Waals surface area contributed by atoms with E-state index in [0.717, 1.165) is 6.42 Å². The van der Waals surface area contributed by atoms with Crippen molar-refractivity contribution in [1.29, 1.82) is 0 Å². The van der Waals surface area contributed by atoms with Crippen LogP contribution in [0, 0.1) is 0 Å². The van der Waals surface area contributed by atoms with Gasteiger partial charge in [-0.3, -0.25) is 9.48 Å². The number of carbonyl (C=O) groups is 1. The van der Waals surface area contributed by atoms with Gasteiger partial charge in [0.05, 0.1) is 13.7 Å². The zero-order valence-corrected chi connectivity index (χ0v) is 12.5. The second kappa shape index (κ2) is 6.00. The van der Waals surface area contributed by atoms with E-state index in [-0.39, 0.29) is 12.0 Å². The zero-order chi connectivity index (χ0) is 15.5. The number of likely N-dealkylation sites (tertiary alicyclic amines) is 1. The number of aromatic nitrogens is 4. The first-order chi connectivity index (χ1) is 10.7. The highest BCUT2D eigenvalue weighted by Crippen LogP contribution is 2.22. The second-order valence-corrected chi connectivity index (χ2v) is 5.07. The Bertz CT molecular complexity index is 658. The van der Waals surface area contributed by atoms with Crippen LogP contribution in [-0.2, 0) is 7.05 Å². The summed E-state index contributed by atoms with van der Waals surface area (Å²) in [4.78, 5) is 14.3. The van der Waals surface area contributed by atoms with Crippen molar-refractivity contribution in [2.45, 2.75) is 12.5 Å². The van der Waals surface area contributed by atoms with Crippen LogP contribution in [0.25, 0.3) is 0 Å². The van der Waals surface area contributed by atoms with Gasteiger partial charge in [0, 0.05) is 38.5 Å². The first-order valence-corrected chi connectivity index (χ1v) is 6.98. The molecule has 1 aliphatic rings. The Balaban J connectivity index is 1.66. The van der Waals surface area contributed by atoms with Gasteiger partial charge in [-0.2, -0.15) is 5.10 Å². The molecule has 0 bridgehead atoms. The molecule has 0 unspecified atom stereocenters. The molecule has 1 saturated heterocycles. The Morgan fingerprint density at radius 3 is 3.05 bits per heavy atom. The number of ether oxygens (including phenoxy) is 2. The molecule has 1 fully saturated rings. The van der Waals surface area contributed by atoms with Crippen molar-refractivity contribution in [2.75, 3.05) is 20.2 Å². The average Bonchev–Trinajstić information content (AvgIpc) is 3.14. The van der Waals surface area contributed by atoms with Crippen LogP contribution in [0.3, 0.4) is 0 Å². The third-order valence-corrected chi connectivity index (χ3v) is 3.49. The highest BCUT2D eigenvalue weighted by atomic mass is 16.5. The molecule has 22 heavy (non-hydrogen) atoms. The lowest BCUT2D eigenvalue weighted by Gasteiger charge is -2.16. The van der Waals surface area contributed by atoms with E-state index in [4.69, 9.17) is 9.47 Å². The highest BCUT2D eigenvalue weighted by Gasteiger charge is 2.31. The Morgan fingerprint density at radius 1 is 1.45 bits per heavy atom. The number of methoxy groups -OCH3 is 1. The summed E-state index contributed by atoms with van der Waals surface area (Å²) in [6.45, 7) is 1.13. The van der Waals surface area contributed by atoms with E-state index in [1.54, 1.807) is 41.2 Å². The topological polar surface area (TPSA) is 82.4 Å². The Morgan fingerprint density at radius 2 is 2.32 bits per heavy atom. The minimum Gasteiger partial charge on any atom is -0.479 e. The van der Waals surface area contributed by atoms with Crippen LogP contribution in [0.15, 0.2) is 24.5 Å². The van der Waals surface area contributed by atoms with Crippen LogP contribution < -0.4 is 9.47 Å². The molecule has 0 aromatic carbocycles. The minimum atomic E-state index is -0.102. The maximum Gasteiger partial charge on any atom is 0.261 e. The monoisotopic (exact) mass is 303 g/mol. The summed E-state index contributed by atoms with van der Waals surface area (Å²) in [5.41, 5.74) is 0.463. The quantitative estimate of drug-likeness (QED) is 0.818. The molecule has 8 nitrogen and oxygen atoms in total. The van der Waals surface area contributed by atoms with E-state index in [0.29, 0.717) is 30.4 Å². The number of nitrogens with zero attached hydrogens (tertiary/aromatic N) is 5. The fourth-order valence-electron chi connectivity index (χ4n) is 2.47. The molecule has 1 aliphatic heterocycles. The first-order valence-electron chi connectivity index (χ1n) is 6.98. The van der Waals surface area contributed by atoms with E-state index in [2.05, 4.69) is 15.3 Å². The van der Waals surface area contributed by atoms with Gasteiger partial charge in [-0.25, -0.2) is 0 Å². The molecule has 3 rings (SSSR count). The smallest absolute Gasteiger partial charge is 0.261 e. The normalized spacial score (nSPS) is 17.5. The average molecular weight is 303 g/mol. The van der Waals surface area contributed by atoms with E-state index in [9.17, 15) is 4.79 Å². The standard InChI is InChI=1S/C14H17N5O3/c1-18-9-11(13(17-18)21-2)14(20)19-7-5-10(8-19)22-12-4-3-6-15-16-12/h3-4,6,9-10H,5,7-8H2,1-2H3/t10-/m0/s1. The molecule has 8 heteroatoms. The van der Waals surface area contributed by atoms with Crippen LogP contribution in [0.2, 0.25) is 0 Å². The maximum absolute atomic E-state index is 12.5. The van der Waals surface area contributed by atoms with Gasteiger partial charge in [0.1, 0.15) is 11.7 Å². The van der Waals surface area contributed by atoms with E-state index < -0.39 is 0 Å². The molecule has 0 N–H and O–H groups in total. The van der Waals surface area contributed by atoms with Gasteiger partial charge < -0.3 is 14.4 Å². The number of hydrogen-bond donors (Lipinski definition) is 0. The van der Waals surface area contributed by atoms with E-state index >= 15 is 0 Å². The molecule has 1 amide bonds. The van der Waals surface area contributed by atoms with Crippen molar-refractivity contribution in [2.24, 2.45) is 7.05 Å². The first kappa shape index (κ1) is 14.3. The van der Waals surface area contributed by atoms with Crippen LogP contribution in [0.5, 0.6) is 11.8 Å². The lowest BCUT2D eigenvalue weighted by Crippen LogP contribution is -2.31. The van der Waals surface area contributed by atoms with Crippen molar-refractivity contribution < 1.29 is 14.3 Å². The Hall–Kier alpha value is -2.64. The third-order valence-electron chi connectivity index (χ3n) is 3.49. The molecule has 0 radical (unpaired) electrons. The Kier molecular flexibility index (Phi) is 3.90. The molecule has 116 valence electrons. The number of aryl methyl sites for hydroxylation is 1. The number of amides is 1. The van der Waals surface area contributed by atoms with Crippen LogP contribution >= 0.6 is 0 Å². The molecular weight excluding hydrogens is 286 g/mol. The van der Waals surface area contributed by atoms with Crippen LogP contribution in [0.1, 0.15) is 16.8 Å². The predicted molar refractivity (Wildman–Crippen MR) is 76.7 cm³/mol. The molecule has 0 spiro atoms. The number of hydrogen-bond acceptors (Lipinski definition) is 6. The summed E-state index contributed by atoms with van der Waals surface area (Å²) in [7, 11) is 3.26. The summed E-state index contributed by atoms with van der Waals surface area (Å²) in [5, 5.41) is 11.8. The maximum atomic E-state index is 12.5. The second-order valence-electron chi connectivity index (χ2n) is 5.07. The summed E-state index contributed by atoms with van der Waals surface area (Å²) in [6.07, 6.45) is 3.93. The van der Waals surface area contributed by atoms with Crippen molar-refractivity contribution >= 4 is 5.91 Å². The van der Waals surface area contributed by atoms with Crippen molar-refractivity contribution in [1.82, 2.24) is 24.9 Å². The van der Waals surface area contributed by atoms with Gasteiger partial charge in [0.2, 0.25) is 11.8 Å². The number of rotatable bonds is 4. The summed E-state index contributed by atoms with van der Waals surface area (Å²) >= 11 is 0. The largest absolute Gasteiger partial charge is 0.479 e. The lowest BCUT2D eigenvalue weighted by molar-refractivity contribution is 0.0767. The molecule has 0 aliphatic carbocycles. The predicted octanol–water partition coefficient (Wildman–Crippen LogP) is 0.512. The third kappa shape index (κ3) is 2.85. The van der Waals surface area contributed by atoms with Crippen LogP contribution in [-0.4, -0.2) is 57.1 Å². The van der Waals surface area contributed by atoms with E-state index in [1.165, 1.54) is 7.11 Å². The fraction of sp³-hybridized carbons (Fsp3) is 0.429. The van der Waals surface area contributed by atoms with E-state index in [1.807, 2.05) is 0 Å². The number of carbonyl (C=O) groups excluding carboxylic acids is 1. The van der Waals surface area contributed by atoms with Crippen molar-refractivity contribution in [3.05, 3.63) is 30.1 Å². The van der Waals surface area contributed by atoms with Gasteiger partial charge in [-0.15, -0.1) is 10.2 Å². The van der Waals surface area contributed by atoms with Crippen molar-refractivity contribution in [3.63, 3.8) is 0 Å². The molecule has 2 aromatic rings. The zero-order valence-electron chi connectivity index (χ0n) is 12.5. The van der Waals surface area contributed by atoms with Gasteiger partial charge in [0.25, 0.3) is 5.91 Å². The summed E-state index contributed by atoms with van der Waals surface area (Å²) < 4.78 is 12.4. The lowest BCUT2D eigenvalue weighted by atomic mass is 10.3. The van der Waals surface area contributed by atoms with Crippen molar-refractivity contribution in [3.8, 4) is 11.8 Å². The fourth-order valence-corrected chi connectivity index (χ4v) is 2.47. The molecule has 1 atom stereocenters. The molecule has 2 aromatic heterocycles. The van der Waals surface area contributed by atoms with Gasteiger partial charge >= 0.3 is 0 Å².